The molecule has 24 heavy (non-hydrogen) atoms. The minimum absolute atomic E-state index is 0.0350. The summed E-state index contributed by atoms with van der Waals surface area (Å²) in [6.45, 7) is 0.159. The summed E-state index contributed by atoms with van der Waals surface area (Å²) in [5, 5.41) is 3.16. The number of anilines is 2. The van der Waals surface area contributed by atoms with Crippen molar-refractivity contribution in [3.63, 3.8) is 0 Å². The standard InChI is InChI=1S/C18H20ClN3O2/c1-21(14-8-4-3-5-9-14)13-18(24)22(2)12-17(23)20-16-11-7-6-10-15(16)19/h3-11H,12-13H2,1-2H3,(H,20,23). The molecule has 0 radical (unpaired) electrons. The van der Waals surface area contributed by atoms with Crippen molar-refractivity contribution in [2.45, 2.75) is 0 Å². The van der Waals surface area contributed by atoms with Gasteiger partial charge in [0.05, 0.1) is 23.8 Å². The molecule has 1 N–H and O–H groups in total. The minimum atomic E-state index is -0.290. The van der Waals surface area contributed by atoms with Crippen LogP contribution in [0.1, 0.15) is 0 Å². The van der Waals surface area contributed by atoms with Crippen molar-refractivity contribution in [2.24, 2.45) is 0 Å². The molecule has 2 amide bonds. The van der Waals surface area contributed by atoms with Crippen molar-refractivity contribution in [3.05, 3.63) is 59.6 Å². The Morgan fingerprint density at radius 2 is 1.58 bits per heavy atom. The molecule has 0 bridgehead atoms. The van der Waals surface area contributed by atoms with E-state index in [1.165, 1.54) is 4.90 Å². The number of hydrogen-bond acceptors (Lipinski definition) is 3. The quantitative estimate of drug-likeness (QED) is 0.875. The molecular weight excluding hydrogens is 326 g/mol. The molecule has 0 atom stereocenters. The lowest BCUT2D eigenvalue weighted by atomic mass is 10.3. The molecule has 0 heterocycles. The predicted molar refractivity (Wildman–Crippen MR) is 97.4 cm³/mol. The van der Waals surface area contributed by atoms with Crippen LogP contribution in [0, 0.1) is 0 Å². The van der Waals surface area contributed by atoms with Gasteiger partial charge in [0, 0.05) is 19.8 Å². The van der Waals surface area contributed by atoms with Gasteiger partial charge >= 0.3 is 0 Å². The summed E-state index contributed by atoms with van der Waals surface area (Å²) in [7, 11) is 3.44. The van der Waals surface area contributed by atoms with E-state index in [1.807, 2.05) is 42.3 Å². The average Bonchev–Trinajstić information content (AvgIpc) is 2.57. The number of amides is 2. The third kappa shape index (κ3) is 4.99. The summed E-state index contributed by atoms with van der Waals surface area (Å²) in [6, 6.07) is 16.6. The summed E-state index contributed by atoms with van der Waals surface area (Å²) >= 11 is 6.00. The Labute approximate surface area is 146 Å². The van der Waals surface area contributed by atoms with Crippen molar-refractivity contribution in [2.75, 3.05) is 37.4 Å². The van der Waals surface area contributed by atoms with Gasteiger partial charge in [-0.1, -0.05) is 41.9 Å². The Kier molecular flexibility index (Phi) is 6.21. The number of hydrogen-bond donors (Lipinski definition) is 1. The topological polar surface area (TPSA) is 52.7 Å². The lowest BCUT2D eigenvalue weighted by molar-refractivity contribution is -0.132. The summed E-state index contributed by atoms with van der Waals surface area (Å²) in [6.07, 6.45) is 0. The van der Waals surface area contributed by atoms with Crippen LogP contribution in [0.5, 0.6) is 0 Å². The maximum atomic E-state index is 12.3. The molecule has 2 aromatic carbocycles. The van der Waals surface area contributed by atoms with Crippen molar-refractivity contribution in [1.29, 1.82) is 0 Å². The maximum absolute atomic E-state index is 12.3. The number of nitrogens with zero attached hydrogens (tertiary/aromatic N) is 2. The first-order valence-electron chi connectivity index (χ1n) is 7.52. The van der Waals surface area contributed by atoms with Gasteiger partial charge in [0.2, 0.25) is 11.8 Å². The highest BCUT2D eigenvalue weighted by atomic mass is 35.5. The Hall–Kier alpha value is -2.53. The summed E-state index contributed by atoms with van der Waals surface area (Å²) < 4.78 is 0. The average molecular weight is 346 g/mol. The van der Waals surface area contributed by atoms with E-state index in [-0.39, 0.29) is 24.9 Å². The fourth-order valence-electron chi connectivity index (χ4n) is 2.15. The number of rotatable bonds is 6. The molecule has 126 valence electrons. The Morgan fingerprint density at radius 3 is 2.25 bits per heavy atom. The molecule has 5 nitrogen and oxygen atoms in total. The molecule has 6 heteroatoms. The molecule has 0 saturated heterocycles. The minimum Gasteiger partial charge on any atom is -0.365 e. The van der Waals surface area contributed by atoms with Gasteiger partial charge in [-0.15, -0.1) is 0 Å². The maximum Gasteiger partial charge on any atom is 0.244 e. The highest BCUT2D eigenvalue weighted by molar-refractivity contribution is 6.33. The van der Waals surface area contributed by atoms with Gasteiger partial charge in [-0.2, -0.15) is 0 Å². The van der Waals surface area contributed by atoms with E-state index >= 15 is 0 Å². The second-order valence-electron chi connectivity index (χ2n) is 5.47. The van der Waals surface area contributed by atoms with Crippen LogP contribution in [0.2, 0.25) is 5.02 Å². The third-order valence-electron chi connectivity index (χ3n) is 3.52. The smallest absolute Gasteiger partial charge is 0.244 e. The van der Waals surface area contributed by atoms with Crippen LogP contribution in [0.25, 0.3) is 0 Å². The molecule has 0 fully saturated rings. The molecule has 0 aliphatic carbocycles. The van der Waals surface area contributed by atoms with Gasteiger partial charge < -0.3 is 15.1 Å². The fraction of sp³-hybridized carbons (Fsp3) is 0.222. The SMILES string of the molecule is CN(CC(=O)Nc1ccccc1Cl)C(=O)CN(C)c1ccccc1. The van der Waals surface area contributed by atoms with E-state index in [9.17, 15) is 9.59 Å². The van der Waals surface area contributed by atoms with Gasteiger partial charge in [-0.3, -0.25) is 9.59 Å². The van der Waals surface area contributed by atoms with Crippen LogP contribution in [0.3, 0.4) is 0 Å². The summed E-state index contributed by atoms with van der Waals surface area (Å²) in [5.74, 6) is -0.433. The number of likely N-dealkylation sites (N-methyl/N-ethyl adjacent to an activating group) is 2. The number of halogens is 1. The van der Waals surface area contributed by atoms with E-state index in [4.69, 9.17) is 11.6 Å². The van der Waals surface area contributed by atoms with Gasteiger partial charge in [0.1, 0.15) is 0 Å². The molecule has 0 spiro atoms. The van der Waals surface area contributed by atoms with Crippen LogP contribution in [-0.2, 0) is 9.59 Å². The zero-order valence-corrected chi connectivity index (χ0v) is 14.5. The van der Waals surface area contributed by atoms with Crippen molar-refractivity contribution in [3.8, 4) is 0 Å². The first kappa shape index (κ1) is 17.8. The Morgan fingerprint density at radius 1 is 0.958 bits per heavy atom. The molecule has 0 aliphatic rings. The van der Waals surface area contributed by atoms with E-state index in [1.54, 1.807) is 31.3 Å². The lowest BCUT2D eigenvalue weighted by Gasteiger charge is -2.23. The monoisotopic (exact) mass is 345 g/mol. The first-order chi connectivity index (χ1) is 11.5. The lowest BCUT2D eigenvalue weighted by Crippen LogP contribution is -2.40. The molecule has 0 unspecified atom stereocenters. The van der Waals surface area contributed by atoms with Crippen molar-refractivity contribution < 1.29 is 9.59 Å². The molecule has 0 aromatic heterocycles. The summed E-state index contributed by atoms with van der Waals surface area (Å²) in [5.41, 5.74) is 1.48. The van der Waals surface area contributed by atoms with E-state index in [2.05, 4.69) is 5.32 Å². The molecule has 2 rings (SSSR count). The highest BCUT2D eigenvalue weighted by Crippen LogP contribution is 2.20. The van der Waals surface area contributed by atoms with Crippen molar-refractivity contribution >= 4 is 34.8 Å². The summed E-state index contributed by atoms with van der Waals surface area (Å²) in [4.78, 5) is 27.6. The second-order valence-corrected chi connectivity index (χ2v) is 5.88. The highest BCUT2D eigenvalue weighted by Gasteiger charge is 2.15. The zero-order valence-electron chi connectivity index (χ0n) is 13.7. The van der Waals surface area contributed by atoms with Crippen LogP contribution < -0.4 is 10.2 Å². The van der Waals surface area contributed by atoms with Gasteiger partial charge in [0.15, 0.2) is 0 Å². The first-order valence-corrected chi connectivity index (χ1v) is 7.89. The fourth-order valence-corrected chi connectivity index (χ4v) is 2.34. The van der Waals surface area contributed by atoms with Gasteiger partial charge in [-0.05, 0) is 24.3 Å². The number of carbonyl (C=O) groups is 2. The molecule has 2 aromatic rings. The molecule has 0 saturated carbocycles. The van der Waals surface area contributed by atoms with Gasteiger partial charge in [-0.25, -0.2) is 0 Å². The number of para-hydroxylation sites is 2. The largest absolute Gasteiger partial charge is 0.365 e. The van der Waals surface area contributed by atoms with Crippen molar-refractivity contribution in [1.82, 2.24) is 4.90 Å². The Bertz CT molecular complexity index is 706. The predicted octanol–water partition coefficient (Wildman–Crippen LogP) is 2.87. The molecular formula is C18H20ClN3O2. The number of benzene rings is 2. The van der Waals surface area contributed by atoms with E-state index < -0.39 is 0 Å². The van der Waals surface area contributed by atoms with Crippen LogP contribution in [0.15, 0.2) is 54.6 Å². The van der Waals surface area contributed by atoms with E-state index in [0.717, 1.165) is 5.69 Å². The third-order valence-corrected chi connectivity index (χ3v) is 3.85. The Balaban J connectivity index is 1.87. The second kappa shape index (κ2) is 8.36. The van der Waals surface area contributed by atoms with Crippen LogP contribution in [-0.4, -0.2) is 43.9 Å². The zero-order chi connectivity index (χ0) is 17.5. The molecule has 0 aliphatic heterocycles. The van der Waals surface area contributed by atoms with Gasteiger partial charge in [0.25, 0.3) is 0 Å². The number of carbonyl (C=O) groups excluding carboxylic acids is 2. The number of nitrogens with one attached hydrogen (secondary N) is 1. The van der Waals surface area contributed by atoms with Crippen LogP contribution >= 0.6 is 11.6 Å². The van der Waals surface area contributed by atoms with E-state index in [0.29, 0.717) is 10.7 Å². The normalized spacial score (nSPS) is 10.1. The van der Waals surface area contributed by atoms with Crippen LogP contribution in [0.4, 0.5) is 11.4 Å².